The van der Waals surface area contributed by atoms with Crippen LogP contribution >= 0.6 is 0 Å². The van der Waals surface area contributed by atoms with Gasteiger partial charge >= 0.3 is 0 Å². The second-order valence-electron chi connectivity index (χ2n) is 3.53. The molecule has 0 aliphatic carbocycles. The maximum atomic E-state index is 11.8. The zero-order valence-electron chi connectivity index (χ0n) is 9.38. The van der Waals surface area contributed by atoms with Crippen LogP contribution in [0.25, 0.3) is 10.8 Å². The van der Waals surface area contributed by atoms with Crippen LogP contribution in [0.5, 0.6) is 0 Å². The van der Waals surface area contributed by atoms with Crippen molar-refractivity contribution >= 4 is 20.8 Å². The van der Waals surface area contributed by atoms with Gasteiger partial charge in [-0.15, -0.1) is 0 Å². The van der Waals surface area contributed by atoms with Gasteiger partial charge in [0.05, 0.1) is 11.5 Å². The molecule has 0 saturated carbocycles. The lowest BCUT2D eigenvalue weighted by atomic mass is 10.1. The van der Waals surface area contributed by atoms with E-state index in [1.165, 1.54) is 0 Å². The third-order valence-corrected chi connectivity index (χ3v) is 3.56. The fraction of sp³-hybridized carbons (Fsp3) is 0.167. The van der Waals surface area contributed by atoms with Gasteiger partial charge in [0.1, 0.15) is 0 Å². The predicted molar refractivity (Wildman–Crippen MR) is 65.9 cm³/mol. The summed E-state index contributed by atoms with van der Waals surface area (Å²) in [5.74, 6) is 0. The average Bonchev–Trinajstić information content (AvgIpc) is 2.36. The van der Waals surface area contributed by atoms with Crippen molar-refractivity contribution in [3.8, 4) is 0 Å². The Morgan fingerprint density at radius 1 is 1.12 bits per heavy atom. The summed E-state index contributed by atoms with van der Waals surface area (Å²) in [6.07, 6.45) is 0. The summed E-state index contributed by atoms with van der Waals surface area (Å²) in [6.45, 7) is 2.00. The Morgan fingerprint density at radius 2 is 1.82 bits per heavy atom. The Labute approximate surface area is 100 Å². The van der Waals surface area contributed by atoms with Crippen molar-refractivity contribution in [2.75, 3.05) is 6.61 Å². The Balaban J connectivity index is 2.42. The highest BCUT2D eigenvalue weighted by atomic mass is 32.2. The van der Waals surface area contributed by atoms with Gasteiger partial charge in [-0.05, 0) is 29.8 Å². The number of nitrogens with one attached hydrogen (secondary N) is 1. The fourth-order valence-electron chi connectivity index (χ4n) is 1.52. The monoisotopic (exact) mass is 251 g/mol. The van der Waals surface area contributed by atoms with Gasteiger partial charge in [-0.1, -0.05) is 35.2 Å². The highest BCUT2D eigenvalue weighted by molar-refractivity contribution is 7.89. The highest BCUT2D eigenvalue weighted by Crippen LogP contribution is 2.18. The smallest absolute Gasteiger partial charge is 0.262 e. The normalized spacial score (nSPS) is 11.8. The molecule has 0 saturated heterocycles. The van der Waals surface area contributed by atoms with Crippen LogP contribution in [-0.4, -0.2) is 15.0 Å². The van der Waals surface area contributed by atoms with Crippen molar-refractivity contribution in [1.82, 2.24) is 4.89 Å². The molecule has 0 aliphatic heterocycles. The molecule has 0 fully saturated rings. The minimum Gasteiger partial charge on any atom is -0.287 e. The van der Waals surface area contributed by atoms with Crippen molar-refractivity contribution in [1.29, 1.82) is 0 Å². The highest BCUT2D eigenvalue weighted by Gasteiger charge is 2.13. The molecule has 0 amide bonds. The van der Waals surface area contributed by atoms with E-state index in [1.807, 2.05) is 24.3 Å². The predicted octanol–water partition coefficient (Wildman–Crippen LogP) is 2.07. The quantitative estimate of drug-likeness (QED) is 0.846. The largest absolute Gasteiger partial charge is 0.287 e. The SMILES string of the molecule is CCONS(=O)(=O)c1ccc2ccccc2c1. The van der Waals surface area contributed by atoms with Gasteiger partial charge in [-0.3, -0.25) is 4.84 Å². The van der Waals surface area contributed by atoms with Gasteiger partial charge in [-0.2, -0.15) is 0 Å². The summed E-state index contributed by atoms with van der Waals surface area (Å²) in [4.78, 5) is 6.99. The van der Waals surface area contributed by atoms with Crippen LogP contribution in [0.4, 0.5) is 0 Å². The summed E-state index contributed by atoms with van der Waals surface area (Å²) >= 11 is 0. The second-order valence-corrected chi connectivity index (χ2v) is 5.17. The van der Waals surface area contributed by atoms with Crippen LogP contribution in [0.3, 0.4) is 0 Å². The Bertz CT molecular complexity index is 622. The van der Waals surface area contributed by atoms with Crippen LogP contribution in [-0.2, 0) is 14.9 Å². The van der Waals surface area contributed by atoms with E-state index in [0.717, 1.165) is 10.8 Å². The molecular weight excluding hydrogens is 238 g/mol. The van der Waals surface area contributed by atoms with Crippen LogP contribution in [0, 0.1) is 0 Å². The molecular formula is C12H13NO3S. The summed E-state index contributed by atoms with van der Waals surface area (Å²) in [5.41, 5.74) is 0. The first kappa shape index (κ1) is 12.0. The summed E-state index contributed by atoms with van der Waals surface area (Å²) in [5, 5.41) is 1.88. The van der Waals surface area contributed by atoms with Crippen molar-refractivity contribution < 1.29 is 13.3 Å². The van der Waals surface area contributed by atoms with Gasteiger partial charge in [0.2, 0.25) is 0 Å². The minimum absolute atomic E-state index is 0.199. The first-order chi connectivity index (χ1) is 8.13. The maximum Gasteiger partial charge on any atom is 0.262 e. The lowest BCUT2D eigenvalue weighted by molar-refractivity contribution is 0.105. The average molecular weight is 251 g/mol. The number of hydrogen-bond acceptors (Lipinski definition) is 3. The molecule has 0 aliphatic rings. The molecule has 2 rings (SSSR count). The van der Waals surface area contributed by atoms with Gasteiger partial charge in [-0.25, -0.2) is 8.42 Å². The zero-order chi connectivity index (χ0) is 12.3. The lowest BCUT2D eigenvalue weighted by Gasteiger charge is -2.06. The molecule has 17 heavy (non-hydrogen) atoms. The van der Waals surface area contributed by atoms with Crippen molar-refractivity contribution in [3.63, 3.8) is 0 Å². The summed E-state index contributed by atoms with van der Waals surface area (Å²) < 4.78 is 23.6. The zero-order valence-corrected chi connectivity index (χ0v) is 10.2. The van der Waals surface area contributed by atoms with Crippen LogP contribution in [0.15, 0.2) is 47.4 Å². The van der Waals surface area contributed by atoms with Crippen LogP contribution in [0.1, 0.15) is 6.92 Å². The van der Waals surface area contributed by atoms with Crippen LogP contribution in [0.2, 0.25) is 0 Å². The van der Waals surface area contributed by atoms with Gasteiger partial charge < -0.3 is 0 Å². The molecule has 2 aromatic carbocycles. The van der Waals surface area contributed by atoms with Crippen LogP contribution < -0.4 is 4.89 Å². The van der Waals surface area contributed by atoms with Gasteiger partial charge in [0, 0.05) is 0 Å². The third kappa shape index (κ3) is 2.63. The summed E-state index contributed by atoms with van der Waals surface area (Å²) in [6, 6.07) is 12.5. The van der Waals surface area contributed by atoms with E-state index in [2.05, 4.69) is 4.89 Å². The summed E-state index contributed by atoms with van der Waals surface area (Å²) in [7, 11) is -3.59. The molecule has 0 atom stereocenters. The standard InChI is InChI=1S/C12H13NO3S/c1-2-16-13-17(14,15)12-8-7-10-5-3-4-6-11(10)9-12/h3-9,13H,2H2,1H3. The van der Waals surface area contributed by atoms with E-state index in [4.69, 9.17) is 4.84 Å². The van der Waals surface area contributed by atoms with Gasteiger partial charge in [0.25, 0.3) is 10.0 Å². The van der Waals surface area contributed by atoms with E-state index in [1.54, 1.807) is 25.1 Å². The van der Waals surface area contributed by atoms with E-state index < -0.39 is 10.0 Å². The molecule has 0 aromatic heterocycles. The number of fused-ring (bicyclic) bond motifs is 1. The van der Waals surface area contributed by atoms with Crippen molar-refractivity contribution in [2.24, 2.45) is 0 Å². The molecule has 1 N–H and O–H groups in total. The van der Waals surface area contributed by atoms with E-state index in [9.17, 15) is 8.42 Å². The number of hydrogen-bond donors (Lipinski definition) is 1. The number of sulfonamides is 1. The molecule has 0 bridgehead atoms. The molecule has 0 spiro atoms. The number of rotatable bonds is 4. The van der Waals surface area contributed by atoms with E-state index in [-0.39, 0.29) is 11.5 Å². The molecule has 4 nitrogen and oxygen atoms in total. The molecule has 0 unspecified atom stereocenters. The third-order valence-electron chi connectivity index (χ3n) is 2.34. The van der Waals surface area contributed by atoms with Crippen molar-refractivity contribution in [3.05, 3.63) is 42.5 Å². The molecule has 0 radical (unpaired) electrons. The lowest BCUT2D eigenvalue weighted by Crippen LogP contribution is -2.23. The molecule has 0 heterocycles. The topological polar surface area (TPSA) is 55.4 Å². The van der Waals surface area contributed by atoms with E-state index >= 15 is 0 Å². The van der Waals surface area contributed by atoms with Gasteiger partial charge in [0.15, 0.2) is 0 Å². The Kier molecular flexibility index (Phi) is 3.42. The first-order valence-electron chi connectivity index (χ1n) is 5.26. The maximum absolute atomic E-state index is 11.8. The Hall–Kier alpha value is -1.43. The second kappa shape index (κ2) is 4.83. The molecule has 2 aromatic rings. The first-order valence-corrected chi connectivity index (χ1v) is 6.74. The fourth-order valence-corrected chi connectivity index (χ4v) is 2.42. The number of benzene rings is 2. The Morgan fingerprint density at radius 3 is 2.53 bits per heavy atom. The minimum atomic E-state index is -3.59. The molecule has 5 heteroatoms. The van der Waals surface area contributed by atoms with Crippen molar-refractivity contribution in [2.45, 2.75) is 11.8 Å². The van der Waals surface area contributed by atoms with E-state index in [0.29, 0.717) is 0 Å². The molecule has 90 valence electrons.